The lowest BCUT2D eigenvalue weighted by atomic mass is 9.96. The number of anilines is 2. The zero-order chi connectivity index (χ0) is 17.9. The van der Waals surface area contributed by atoms with E-state index in [1.165, 1.54) is 8.61 Å². The van der Waals surface area contributed by atoms with Gasteiger partial charge in [-0.05, 0) is 18.9 Å². The lowest BCUT2D eigenvalue weighted by Crippen LogP contribution is -2.45. The van der Waals surface area contributed by atoms with E-state index in [4.69, 9.17) is 0 Å². The van der Waals surface area contributed by atoms with Gasteiger partial charge in [0.1, 0.15) is 0 Å². The molecular weight excluding hydrogens is 342 g/mol. The lowest BCUT2D eigenvalue weighted by molar-refractivity contribution is 0.296. The fourth-order valence-corrected chi connectivity index (χ4v) is 3.95. The van der Waals surface area contributed by atoms with Crippen molar-refractivity contribution >= 4 is 22.0 Å². The molecule has 0 radical (unpaired) electrons. The molecule has 25 heavy (non-hydrogen) atoms. The average molecular weight is 363 g/mol. The maximum atomic E-state index is 12.4. The Hall–Kier alpha value is -2.17. The lowest BCUT2D eigenvalue weighted by Gasteiger charge is -2.33. The highest BCUT2D eigenvalue weighted by Crippen LogP contribution is 2.28. The van der Waals surface area contributed by atoms with Crippen molar-refractivity contribution in [3.63, 3.8) is 0 Å². The summed E-state index contributed by atoms with van der Waals surface area (Å²) in [6.07, 6.45) is 8.11. The summed E-state index contributed by atoms with van der Waals surface area (Å²) in [5, 5.41) is 3.01. The zero-order valence-electron chi connectivity index (χ0n) is 14.2. The zero-order valence-corrected chi connectivity index (χ0v) is 15.0. The van der Waals surface area contributed by atoms with Gasteiger partial charge in [0.05, 0.1) is 11.9 Å². The van der Waals surface area contributed by atoms with Crippen molar-refractivity contribution in [1.29, 1.82) is 0 Å². The summed E-state index contributed by atoms with van der Waals surface area (Å²) in [5.41, 5.74) is 0.819. The van der Waals surface area contributed by atoms with Gasteiger partial charge in [-0.25, -0.2) is 15.0 Å². The Morgan fingerprint density at radius 3 is 2.80 bits per heavy atom. The molecule has 134 valence electrons. The van der Waals surface area contributed by atoms with Gasteiger partial charge >= 0.3 is 0 Å². The predicted molar refractivity (Wildman–Crippen MR) is 93.5 cm³/mol. The van der Waals surface area contributed by atoms with E-state index in [1.54, 1.807) is 38.9 Å². The third kappa shape index (κ3) is 4.09. The molecule has 1 atom stereocenters. The van der Waals surface area contributed by atoms with Crippen molar-refractivity contribution in [2.45, 2.75) is 18.8 Å². The van der Waals surface area contributed by atoms with Crippen LogP contribution in [-0.2, 0) is 10.2 Å². The van der Waals surface area contributed by atoms with Crippen LogP contribution in [0.5, 0.6) is 0 Å². The van der Waals surface area contributed by atoms with Crippen molar-refractivity contribution in [1.82, 2.24) is 28.5 Å². The average Bonchev–Trinajstić information content (AvgIpc) is 2.63. The second-order valence-electron chi connectivity index (χ2n) is 6.01. The first-order valence-electron chi connectivity index (χ1n) is 8.00. The van der Waals surface area contributed by atoms with Crippen molar-refractivity contribution in [3.8, 4) is 0 Å². The standard InChI is InChI=1S/C15H21N7O2S/c1-21(2)25(23,24)22-9-3-4-12(11-22)13-5-6-18-15(19-13)20-14-10-16-7-8-17-14/h5-8,10,12H,3-4,9,11H2,1-2H3,(H,17,18,19,20)/t12-/m1/s1. The van der Waals surface area contributed by atoms with Crippen LogP contribution in [0.1, 0.15) is 24.5 Å². The minimum Gasteiger partial charge on any atom is -0.307 e. The Labute approximate surface area is 147 Å². The van der Waals surface area contributed by atoms with Crippen LogP contribution in [0.2, 0.25) is 0 Å². The third-order valence-electron chi connectivity index (χ3n) is 4.07. The van der Waals surface area contributed by atoms with Gasteiger partial charge in [-0.1, -0.05) is 0 Å². The molecule has 0 saturated carbocycles. The van der Waals surface area contributed by atoms with E-state index in [-0.39, 0.29) is 5.92 Å². The molecular formula is C15H21N7O2S. The highest BCUT2D eigenvalue weighted by atomic mass is 32.2. The molecule has 1 N–H and O–H groups in total. The highest BCUT2D eigenvalue weighted by molar-refractivity contribution is 7.86. The number of nitrogens with one attached hydrogen (secondary N) is 1. The van der Waals surface area contributed by atoms with E-state index >= 15 is 0 Å². The number of piperidine rings is 1. The van der Waals surface area contributed by atoms with Gasteiger partial charge in [0.25, 0.3) is 10.2 Å². The van der Waals surface area contributed by atoms with Crippen LogP contribution >= 0.6 is 0 Å². The summed E-state index contributed by atoms with van der Waals surface area (Å²) in [6, 6.07) is 1.83. The topological polar surface area (TPSA) is 104 Å². The molecule has 10 heteroatoms. The fourth-order valence-electron chi connectivity index (χ4n) is 2.76. The first-order chi connectivity index (χ1) is 12.0. The molecule has 1 aliphatic heterocycles. The Kier molecular flexibility index (Phi) is 5.21. The molecule has 2 aromatic heterocycles. The molecule has 1 saturated heterocycles. The Balaban J connectivity index is 1.76. The molecule has 1 aliphatic rings. The molecule has 0 amide bonds. The minimum absolute atomic E-state index is 0.0360. The first kappa shape index (κ1) is 17.6. The SMILES string of the molecule is CN(C)S(=O)(=O)N1CCC[C@@H](c2ccnc(Nc3cnccn3)n2)C1. The Morgan fingerprint density at radius 2 is 2.08 bits per heavy atom. The van der Waals surface area contributed by atoms with E-state index < -0.39 is 10.2 Å². The quantitative estimate of drug-likeness (QED) is 0.845. The van der Waals surface area contributed by atoms with Gasteiger partial charge in [-0.15, -0.1) is 0 Å². The number of nitrogens with zero attached hydrogens (tertiary/aromatic N) is 6. The summed E-state index contributed by atoms with van der Waals surface area (Å²) >= 11 is 0. The van der Waals surface area contributed by atoms with Crippen molar-refractivity contribution < 1.29 is 8.42 Å². The van der Waals surface area contributed by atoms with Crippen LogP contribution in [0.4, 0.5) is 11.8 Å². The molecule has 1 fully saturated rings. The summed E-state index contributed by atoms with van der Waals surface area (Å²) in [6.45, 7) is 0.953. The molecule has 0 aliphatic carbocycles. The maximum absolute atomic E-state index is 12.4. The molecule has 0 unspecified atom stereocenters. The van der Waals surface area contributed by atoms with Gasteiger partial charge < -0.3 is 5.32 Å². The molecule has 3 rings (SSSR count). The van der Waals surface area contributed by atoms with Gasteiger partial charge in [0, 0.05) is 51.7 Å². The smallest absolute Gasteiger partial charge is 0.281 e. The van der Waals surface area contributed by atoms with Crippen LogP contribution in [0.3, 0.4) is 0 Å². The van der Waals surface area contributed by atoms with Crippen LogP contribution < -0.4 is 5.32 Å². The van der Waals surface area contributed by atoms with Crippen molar-refractivity contribution in [2.24, 2.45) is 0 Å². The Bertz CT molecular complexity index is 814. The highest BCUT2D eigenvalue weighted by Gasteiger charge is 2.31. The van der Waals surface area contributed by atoms with Crippen LogP contribution in [0, 0.1) is 0 Å². The van der Waals surface area contributed by atoms with E-state index in [0.29, 0.717) is 24.9 Å². The van der Waals surface area contributed by atoms with Crippen molar-refractivity contribution in [3.05, 3.63) is 36.5 Å². The summed E-state index contributed by atoms with van der Waals surface area (Å²) in [4.78, 5) is 16.8. The second-order valence-corrected chi connectivity index (χ2v) is 8.15. The normalized spacial score (nSPS) is 19.1. The second kappa shape index (κ2) is 7.38. The fraction of sp³-hybridized carbons (Fsp3) is 0.467. The number of hydrogen-bond acceptors (Lipinski definition) is 7. The van der Waals surface area contributed by atoms with Gasteiger partial charge in [0.15, 0.2) is 5.82 Å². The molecule has 3 heterocycles. The molecule has 2 aromatic rings. The van der Waals surface area contributed by atoms with E-state index in [1.807, 2.05) is 6.07 Å². The molecule has 0 aromatic carbocycles. The summed E-state index contributed by atoms with van der Waals surface area (Å²) < 4.78 is 27.5. The third-order valence-corrected chi connectivity index (χ3v) is 5.98. The van der Waals surface area contributed by atoms with Crippen LogP contribution in [0.25, 0.3) is 0 Å². The van der Waals surface area contributed by atoms with Gasteiger partial charge in [-0.3, -0.25) is 4.98 Å². The van der Waals surface area contributed by atoms with Gasteiger partial charge in [-0.2, -0.15) is 17.0 Å². The molecule has 0 bridgehead atoms. The van der Waals surface area contributed by atoms with Crippen LogP contribution in [0.15, 0.2) is 30.9 Å². The summed E-state index contributed by atoms with van der Waals surface area (Å²) in [7, 11) is -0.314. The number of rotatable bonds is 5. The largest absolute Gasteiger partial charge is 0.307 e. The van der Waals surface area contributed by atoms with Gasteiger partial charge in [0.2, 0.25) is 5.95 Å². The molecule has 0 spiro atoms. The number of aromatic nitrogens is 4. The van der Waals surface area contributed by atoms with E-state index in [2.05, 4.69) is 25.3 Å². The minimum atomic E-state index is -3.41. The number of hydrogen-bond donors (Lipinski definition) is 1. The predicted octanol–water partition coefficient (Wildman–Crippen LogP) is 0.996. The Morgan fingerprint density at radius 1 is 1.24 bits per heavy atom. The van der Waals surface area contributed by atoms with E-state index in [9.17, 15) is 8.42 Å². The monoisotopic (exact) mass is 363 g/mol. The van der Waals surface area contributed by atoms with Crippen LogP contribution in [-0.4, -0.2) is 64.1 Å². The first-order valence-corrected chi connectivity index (χ1v) is 9.40. The summed E-state index contributed by atoms with van der Waals surface area (Å²) in [5.74, 6) is 1.01. The maximum Gasteiger partial charge on any atom is 0.281 e. The van der Waals surface area contributed by atoms with Crippen molar-refractivity contribution in [2.75, 3.05) is 32.5 Å². The van der Waals surface area contributed by atoms with E-state index in [0.717, 1.165) is 18.5 Å². The molecule has 9 nitrogen and oxygen atoms in total.